The predicted molar refractivity (Wildman–Crippen MR) is 84.7 cm³/mol. The molecule has 2 rings (SSSR count). The Balaban J connectivity index is 2.46. The molecule has 0 aliphatic rings. The van der Waals surface area contributed by atoms with Crippen LogP contribution >= 0.6 is 23.4 Å². The third kappa shape index (κ3) is 3.56. The molecule has 7 heteroatoms. The number of nitriles is 1. The van der Waals surface area contributed by atoms with E-state index in [4.69, 9.17) is 11.6 Å². The number of carbonyl (C=O) groups is 1. The topological polar surface area (TPSA) is 75.9 Å². The van der Waals surface area contributed by atoms with Crippen LogP contribution in [0.1, 0.15) is 11.3 Å². The lowest BCUT2D eigenvalue weighted by Gasteiger charge is -2.09. The number of nitrogens with zero attached hydrogens (tertiary/aromatic N) is 3. The van der Waals surface area contributed by atoms with Crippen LogP contribution in [0.4, 0.5) is 0 Å². The number of hydrogen-bond acceptors (Lipinski definition) is 6. The summed E-state index contributed by atoms with van der Waals surface area (Å²) >= 11 is 7.30. The van der Waals surface area contributed by atoms with Gasteiger partial charge in [0.1, 0.15) is 16.7 Å². The average Bonchev–Trinajstić information content (AvgIpc) is 2.52. The molecule has 1 aromatic carbocycles. The van der Waals surface area contributed by atoms with Crippen LogP contribution in [0.2, 0.25) is 5.02 Å². The highest BCUT2D eigenvalue weighted by Gasteiger charge is 2.16. The zero-order valence-electron chi connectivity index (χ0n) is 12.0. The van der Waals surface area contributed by atoms with E-state index in [0.717, 1.165) is 11.8 Å². The van der Waals surface area contributed by atoms with Crippen molar-refractivity contribution >= 4 is 29.3 Å². The molecule has 0 aliphatic heterocycles. The molecular weight excluding hydrogens is 322 g/mol. The second kappa shape index (κ2) is 7.25. The number of rotatable bonds is 4. The smallest absolute Gasteiger partial charge is 0.316 e. The lowest BCUT2D eigenvalue weighted by molar-refractivity contribution is -0.137. The Bertz CT molecular complexity index is 759. The maximum absolute atomic E-state index is 11.3. The Morgan fingerprint density at radius 1 is 1.41 bits per heavy atom. The Kier molecular flexibility index (Phi) is 5.36. The van der Waals surface area contributed by atoms with Gasteiger partial charge in [0.25, 0.3) is 0 Å². The van der Waals surface area contributed by atoms with Crippen molar-refractivity contribution in [2.24, 2.45) is 0 Å². The standard InChI is InChI=1S/C15H12ClN3O2S/c1-9-11(7-17)15(22-8-13(20)21-2)19-14(18-9)10-5-3-4-6-12(10)16/h3-6H,8H2,1-2H3. The second-order valence-corrected chi connectivity index (χ2v) is 5.64. The molecule has 0 unspecified atom stereocenters. The molecular formula is C15H12ClN3O2S. The van der Waals surface area contributed by atoms with Crippen molar-refractivity contribution < 1.29 is 9.53 Å². The van der Waals surface area contributed by atoms with Crippen molar-refractivity contribution in [1.29, 1.82) is 5.26 Å². The molecule has 22 heavy (non-hydrogen) atoms. The molecule has 0 radical (unpaired) electrons. The minimum absolute atomic E-state index is 0.0730. The number of ether oxygens (including phenoxy) is 1. The Morgan fingerprint density at radius 2 is 2.14 bits per heavy atom. The normalized spacial score (nSPS) is 10.1. The fraction of sp³-hybridized carbons (Fsp3) is 0.200. The molecule has 0 bridgehead atoms. The van der Waals surface area contributed by atoms with Crippen LogP contribution in [-0.4, -0.2) is 28.8 Å². The zero-order chi connectivity index (χ0) is 16.1. The molecule has 0 spiro atoms. The van der Waals surface area contributed by atoms with Crippen LogP contribution in [0.3, 0.4) is 0 Å². The molecule has 5 nitrogen and oxygen atoms in total. The van der Waals surface area contributed by atoms with Crippen LogP contribution in [0.15, 0.2) is 29.3 Å². The molecule has 112 valence electrons. The van der Waals surface area contributed by atoms with E-state index in [0.29, 0.717) is 32.7 Å². The number of thioether (sulfide) groups is 1. The van der Waals surface area contributed by atoms with Crippen LogP contribution in [0.25, 0.3) is 11.4 Å². The van der Waals surface area contributed by atoms with Gasteiger partial charge in [0.05, 0.1) is 23.6 Å². The van der Waals surface area contributed by atoms with E-state index < -0.39 is 0 Å². The van der Waals surface area contributed by atoms with Crippen molar-refractivity contribution in [2.45, 2.75) is 11.9 Å². The summed E-state index contributed by atoms with van der Waals surface area (Å²) in [5, 5.41) is 10.2. The maximum atomic E-state index is 11.3. The molecule has 2 aromatic rings. The highest BCUT2D eigenvalue weighted by Crippen LogP contribution is 2.29. The Labute approximate surface area is 137 Å². The highest BCUT2D eigenvalue weighted by molar-refractivity contribution is 7.99. The van der Waals surface area contributed by atoms with Gasteiger partial charge in [-0.3, -0.25) is 4.79 Å². The first-order valence-corrected chi connectivity index (χ1v) is 7.66. The molecule has 1 heterocycles. The molecule has 0 saturated heterocycles. The monoisotopic (exact) mass is 333 g/mol. The minimum atomic E-state index is -0.385. The maximum Gasteiger partial charge on any atom is 0.316 e. The molecule has 0 amide bonds. The molecule has 0 aliphatic carbocycles. The molecule has 1 aromatic heterocycles. The van der Waals surface area contributed by atoms with Gasteiger partial charge in [-0.05, 0) is 19.1 Å². The average molecular weight is 334 g/mol. The summed E-state index contributed by atoms with van der Waals surface area (Å²) in [7, 11) is 1.31. The fourth-order valence-electron chi connectivity index (χ4n) is 1.73. The first kappa shape index (κ1) is 16.3. The summed E-state index contributed by atoms with van der Waals surface area (Å²) in [6, 6.07) is 9.26. The molecule has 0 saturated carbocycles. The number of aromatic nitrogens is 2. The van der Waals surface area contributed by atoms with Crippen LogP contribution < -0.4 is 0 Å². The number of methoxy groups -OCH3 is 1. The van der Waals surface area contributed by atoms with Crippen molar-refractivity contribution in [3.8, 4) is 17.5 Å². The number of benzene rings is 1. The summed E-state index contributed by atoms with van der Waals surface area (Å²) in [6.07, 6.45) is 0. The largest absolute Gasteiger partial charge is 0.468 e. The fourth-order valence-corrected chi connectivity index (χ4v) is 2.81. The predicted octanol–water partition coefficient (Wildman–Crippen LogP) is 3.24. The first-order valence-electron chi connectivity index (χ1n) is 6.30. The van der Waals surface area contributed by atoms with Crippen molar-refractivity contribution in [2.75, 3.05) is 12.9 Å². The number of aryl methyl sites for hydroxylation is 1. The van der Waals surface area contributed by atoms with Gasteiger partial charge in [-0.2, -0.15) is 5.26 Å². The second-order valence-electron chi connectivity index (χ2n) is 4.27. The molecule has 0 atom stereocenters. The van der Waals surface area contributed by atoms with Crippen LogP contribution in [-0.2, 0) is 9.53 Å². The summed E-state index contributed by atoms with van der Waals surface area (Å²) in [5.74, 6) is 0.114. The summed E-state index contributed by atoms with van der Waals surface area (Å²) in [5.41, 5.74) is 1.57. The van der Waals surface area contributed by atoms with Gasteiger partial charge in [0.15, 0.2) is 5.82 Å². The van der Waals surface area contributed by atoms with Gasteiger partial charge in [-0.25, -0.2) is 9.97 Å². The zero-order valence-corrected chi connectivity index (χ0v) is 13.5. The third-order valence-electron chi connectivity index (χ3n) is 2.84. The third-order valence-corrected chi connectivity index (χ3v) is 4.12. The first-order chi connectivity index (χ1) is 10.6. The van der Waals surface area contributed by atoms with Gasteiger partial charge in [-0.1, -0.05) is 35.5 Å². The summed E-state index contributed by atoms with van der Waals surface area (Å²) in [4.78, 5) is 20.0. The number of esters is 1. The van der Waals surface area contributed by atoms with E-state index in [1.54, 1.807) is 19.1 Å². The SMILES string of the molecule is COC(=O)CSc1nc(-c2ccccc2Cl)nc(C)c1C#N. The number of carbonyl (C=O) groups excluding carboxylic acids is 1. The quantitative estimate of drug-likeness (QED) is 0.485. The van der Waals surface area contributed by atoms with Crippen LogP contribution in [0.5, 0.6) is 0 Å². The molecule has 0 N–H and O–H groups in total. The van der Waals surface area contributed by atoms with E-state index in [1.807, 2.05) is 12.1 Å². The Morgan fingerprint density at radius 3 is 2.77 bits per heavy atom. The van der Waals surface area contributed by atoms with Crippen molar-refractivity contribution in [3.05, 3.63) is 40.5 Å². The van der Waals surface area contributed by atoms with Gasteiger partial charge < -0.3 is 4.74 Å². The Hall–Kier alpha value is -2.10. The summed E-state index contributed by atoms with van der Waals surface area (Å²) < 4.78 is 4.60. The molecule has 0 fully saturated rings. The van der Waals surface area contributed by atoms with Crippen molar-refractivity contribution in [1.82, 2.24) is 9.97 Å². The van der Waals surface area contributed by atoms with Crippen molar-refractivity contribution in [3.63, 3.8) is 0 Å². The van der Waals surface area contributed by atoms with Crippen LogP contribution in [0, 0.1) is 18.3 Å². The lowest BCUT2D eigenvalue weighted by Crippen LogP contribution is -2.05. The van der Waals surface area contributed by atoms with Gasteiger partial charge >= 0.3 is 5.97 Å². The van der Waals surface area contributed by atoms with E-state index in [1.165, 1.54) is 7.11 Å². The summed E-state index contributed by atoms with van der Waals surface area (Å²) in [6.45, 7) is 1.72. The lowest BCUT2D eigenvalue weighted by atomic mass is 10.2. The van der Waals surface area contributed by atoms with E-state index in [-0.39, 0.29) is 11.7 Å². The van der Waals surface area contributed by atoms with Gasteiger partial charge in [-0.15, -0.1) is 0 Å². The van der Waals surface area contributed by atoms with E-state index >= 15 is 0 Å². The van der Waals surface area contributed by atoms with Gasteiger partial charge in [0.2, 0.25) is 0 Å². The number of halogens is 1. The number of hydrogen-bond donors (Lipinski definition) is 0. The minimum Gasteiger partial charge on any atom is -0.468 e. The highest BCUT2D eigenvalue weighted by atomic mass is 35.5. The van der Waals surface area contributed by atoms with E-state index in [9.17, 15) is 10.1 Å². The van der Waals surface area contributed by atoms with Gasteiger partial charge in [0, 0.05) is 5.56 Å². The van der Waals surface area contributed by atoms with E-state index in [2.05, 4.69) is 20.8 Å².